The number of ether oxygens (including phenoxy) is 6. The molecule has 0 aliphatic heterocycles. The van der Waals surface area contributed by atoms with Crippen LogP contribution in [0.5, 0.6) is 69.0 Å². The quantitative estimate of drug-likeness (QED) is 0.0898. The summed E-state index contributed by atoms with van der Waals surface area (Å²) in [6.07, 6.45) is 0. The molecule has 0 aliphatic rings. The van der Waals surface area contributed by atoms with Gasteiger partial charge >= 0.3 is 0 Å². The highest BCUT2D eigenvalue weighted by Crippen LogP contribution is 2.53. The van der Waals surface area contributed by atoms with E-state index < -0.39 is 0 Å². The molecule has 0 radical (unpaired) electrons. The van der Waals surface area contributed by atoms with E-state index in [2.05, 4.69) is 200 Å². The second-order valence-electron chi connectivity index (χ2n) is 21.0. The van der Waals surface area contributed by atoms with Crippen molar-refractivity contribution in [1.82, 2.24) is 0 Å². The Morgan fingerprint density at radius 2 is 0.321 bits per heavy atom. The normalized spacial score (nSPS) is 11.6. The summed E-state index contributed by atoms with van der Waals surface area (Å²) < 4.78 is 43.4. The van der Waals surface area contributed by atoms with Crippen LogP contribution in [-0.2, 0) is 0 Å². The van der Waals surface area contributed by atoms with Gasteiger partial charge in [0.15, 0.2) is 34.5 Å². The van der Waals surface area contributed by atoms with Gasteiger partial charge in [0.25, 0.3) is 0 Å². The Hall–Kier alpha value is -11.3. The molecule has 0 bridgehead atoms. The third-order valence-corrected chi connectivity index (χ3v) is 15.8. The maximum Gasteiger partial charge on any atom is 0.170 e. The van der Waals surface area contributed by atoms with Gasteiger partial charge in [0.2, 0.25) is 0 Å². The van der Waals surface area contributed by atoms with Gasteiger partial charge in [0.1, 0.15) is 34.5 Å². The number of hydrogen-bond donors (Lipinski definition) is 0. The van der Waals surface area contributed by atoms with Crippen LogP contribution in [-0.4, -0.2) is 0 Å². The highest BCUT2D eigenvalue weighted by Gasteiger charge is 2.25. The van der Waals surface area contributed by atoms with Crippen molar-refractivity contribution in [2.75, 3.05) is 0 Å². The molecule has 0 unspecified atom stereocenters. The van der Waals surface area contributed by atoms with Gasteiger partial charge in [-0.05, 0) is 156 Å². The number of hydrogen-bond acceptors (Lipinski definition) is 6. The van der Waals surface area contributed by atoms with Gasteiger partial charge in [-0.1, -0.05) is 200 Å². The Kier molecular flexibility index (Phi) is 11.8. The van der Waals surface area contributed by atoms with Crippen molar-refractivity contribution in [2.45, 2.75) is 0 Å². The molecule has 0 fully saturated rings. The first-order chi connectivity index (χ1) is 41.6. The van der Waals surface area contributed by atoms with E-state index >= 15 is 0 Å². The van der Waals surface area contributed by atoms with Crippen molar-refractivity contribution < 1.29 is 28.4 Å². The topological polar surface area (TPSA) is 55.4 Å². The molecule has 0 spiro atoms. The minimum Gasteiger partial charge on any atom is -0.453 e. The fourth-order valence-corrected chi connectivity index (χ4v) is 11.9. The fourth-order valence-electron chi connectivity index (χ4n) is 11.9. The summed E-state index contributed by atoms with van der Waals surface area (Å²) in [5.74, 6) is 7.22. The summed E-state index contributed by atoms with van der Waals surface area (Å²) in [5.41, 5.74) is 0. The zero-order chi connectivity index (χ0) is 55.5. The Bertz CT molecular complexity index is 4540. The molecule has 6 nitrogen and oxygen atoms in total. The summed E-state index contributed by atoms with van der Waals surface area (Å²) in [5, 5.41) is 17.4. The van der Waals surface area contributed by atoms with Crippen LogP contribution in [0.4, 0.5) is 0 Å². The smallest absolute Gasteiger partial charge is 0.170 e. The second kappa shape index (κ2) is 20.3. The molecule has 16 aromatic carbocycles. The lowest BCUT2D eigenvalue weighted by Gasteiger charge is -2.22. The molecule has 0 amide bonds. The standard InChI is InChI=1S/C78H48O6/c1-4-28-55(29-5-1)79-70-43-64-67(46-73(70)82-76-58-34-16-10-22-49(58)40-50-23-11-17-35-59(50)76)65-44-71(80-56-30-6-2-7-31-56)75(84-78-62-38-20-14-26-53(62)42-54-27-15-21-39-63(54)78)48-69(65)66-45-72(81-57-32-8-3-9-33-57)74(47-68(64)66)83-77-60-36-18-12-24-51(60)41-52-25-13-19-37-61(52)77/h1-48H. The molecule has 0 saturated carbocycles. The van der Waals surface area contributed by atoms with Crippen LogP contribution in [0.25, 0.3) is 97.0 Å². The Morgan fingerprint density at radius 1 is 0.143 bits per heavy atom. The molecule has 0 aromatic heterocycles. The third-order valence-electron chi connectivity index (χ3n) is 15.8. The number of fused-ring (bicyclic) bond motifs is 12. The van der Waals surface area contributed by atoms with Crippen molar-refractivity contribution in [3.05, 3.63) is 291 Å². The van der Waals surface area contributed by atoms with Gasteiger partial charge in [-0.25, -0.2) is 0 Å². The first kappa shape index (κ1) is 48.6. The van der Waals surface area contributed by atoms with Gasteiger partial charge in [-0.15, -0.1) is 0 Å². The van der Waals surface area contributed by atoms with E-state index in [1.165, 1.54) is 0 Å². The fraction of sp³-hybridized carbons (Fsp3) is 0. The first-order valence-electron chi connectivity index (χ1n) is 28.1. The molecule has 396 valence electrons. The lowest BCUT2D eigenvalue weighted by Crippen LogP contribution is -1.97. The monoisotopic (exact) mass is 1080 g/mol. The average Bonchev–Trinajstić information content (AvgIpc) is 1.46. The minimum atomic E-state index is 0.516. The highest BCUT2D eigenvalue weighted by molar-refractivity contribution is 6.27. The van der Waals surface area contributed by atoms with E-state index in [0.717, 1.165) is 114 Å². The molecular formula is C78H48O6. The molecule has 0 N–H and O–H groups in total. The van der Waals surface area contributed by atoms with Gasteiger partial charge in [0.05, 0.1) is 0 Å². The molecule has 0 saturated heterocycles. The van der Waals surface area contributed by atoms with Crippen molar-refractivity contribution in [3.8, 4) is 69.0 Å². The molecule has 0 heterocycles. The summed E-state index contributed by atoms with van der Waals surface area (Å²) in [6, 6.07) is 99.0. The molecule has 84 heavy (non-hydrogen) atoms. The number of benzene rings is 16. The van der Waals surface area contributed by atoms with Crippen LogP contribution in [0.15, 0.2) is 291 Å². The van der Waals surface area contributed by atoms with E-state index in [9.17, 15) is 0 Å². The molecule has 0 atom stereocenters. The molecular weight excluding hydrogens is 1030 g/mol. The average molecular weight is 1080 g/mol. The predicted octanol–water partition coefficient (Wildman–Crippen LogP) is 22.8. The second-order valence-corrected chi connectivity index (χ2v) is 21.0. The van der Waals surface area contributed by atoms with Crippen LogP contribution in [0.3, 0.4) is 0 Å². The van der Waals surface area contributed by atoms with Crippen LogP contribution in [0, 0.1) is 0 Å². The molecule has 6 heteroatoms. The van der Waals surface area contributed by atoms with Crippen LogP contribution in [0.1, 0.15) is 0 Å². The highest BCUT2D eigenvalue weighted by atomic mass is 16.5. The zero-order valence-electron chi connectivity index (χ0n) is 45.2. The summed E-state index contributed by atoms with van der Waals surface area (Å²) >= 11 is 0. The van der Waals surface area contributed by atoms with Gasteiger partial charge in [-0.3, -0.25) is 0 Å². The first-order valence-corrected chi connectivity index (χ1v) is 28.1. The van der Waals surface area contributed by atoms with Crippen LogP contribution >= 0.6 is 0 Å². The SMILES string of the molecule is c1ccc(Oc2cc3c(cc2Oc2c4ccccc4cc4ccccc24)c2cc(Oc4ccccc4)c(Oc4c5ccccc5cc5ccccc45)cc2c2cc(Oc4ccccc4)c(Oc4c5ccccc5cc5ccccc45)cc32)cc1. The number of rotatable bonds is 12. The van der Waals surface area contributed by atoms with E-state index in [4.69, 9.17) is 28.4 Å². The Balaban J connectivity index is 1.02. The van der Waals surface area contributed by atoms with E-state index in [0.29, 0.717) is 51.7 Å². The summed E-state index contributed by atoms with van der Waals surface area (Å²) in [7, 11) is 0. The van der Waals surface area contributed by atoms with E-state index in [1.54, 1.807) is 0 Å². The summed E-state index contributed by atoms with van der Waals surface area (Å²) in [4.78, 5) is 0. The predicted molar refractivity (Wildman–Crippen MR) is 343 cm³/mol. The van der Waals surface area contributed by atoms with Crippen molar-refractivity contribution in [1.29, 1.82) is 0 Å². The maximum absolute atomic E-state index is 7.43. The molecule has 16 rings (SSSR count). The molecule has 16 aromatic rings. The van der Waals surface area contributed by atoms with Crippen LogP contribution < -0.4 is 28.4 Å². The van der Waals surface area contributed by atoms with Crippen molar-refractivity contribution >= 4 is 97.0 Å². The van der Waals surface area contributed by atoms with Crippen molar-refractivity contribution in [2.24, 2.45) is 0 Å². The van der Waals surface area contributed by atoms with Crippen LogP contribution in [0.2, 0.25) is 0 Å². The van der Waals surface area contributed by atoms with Crippen molar-refractivity contribution in [3.63, 3.8) is 0 Å². The zero-order valence-corrected chi connectivity index (χ0v) is 45.2. The van der Waals surface area contributed by atoms with Gasteiger partial charge in [-0.2, -0.15) is 0 Å². The van der Waals surface area contributed by atoms with E-state index in [-0.39, 0.29) is 0 Å². The third kappa shape index (κ3) is 8.69. The largest absolute Gasteiger partial charge is 0.453 e. The van der Waals surface area contributed by atoms with Gasteiger partial charge in [0, 0.05) is 32.3 Å². The lowest BCUT2D eigenvalue weighted by atomic mass is 9.92. The Morgan fingerprint density at radius 3 is 0.536 bits per heavy atom. The maximum atomic E-state index is 7.43. The number of para-hydroxylation sites is 3. The minimum absolute atomic E-state index is 0.516. The Labute approximate surface area is 483 Å². The molecule has 0 aliphatic carbocycles. The lowest BCUT2D eigenvalue weighted by molar-refractivity contribution is 0.424. The summed E-state index contributed by atoms with van der Waals surface area (Å²) in [6.45, 7) is 0. The van der Waals surface area contributed by atoms with E-state index in [1.807, 2.05) is 91.0 Å². The van der Waals surface area contributed by atoms with Gasteiger partial charge < -0.3 is 28.4 Å².